The van der Waals surface area contributed by atoms with Gasteiger partial charge in [0.25, 0.3) is 0 Å². The number of rotatable bonds is 3. The molecule has 2 aromatic carbocycles. The molecule has 0 aliphatic carbocycles. The Morgan fingerprint density at radius 2 is 0.500 bits per heavy atom. The predicted octanol–water partition coefficient (Wildman–Crippen LogP) is 8.75. The van der Waals surface area contributed by atoms with E-state index in [0.29, 0.717) is 26.3 Å². The van der Waals surface area contributed by atoms with E-state index in [1.165, 1.54) is 11.1 Å². The molecule has 0 fully saturated rings. The van der Waals surface area contributed by atoms with Crippen molar-refractivity contribution in [2.45, 2.75) is 157 Å². The molecular formula is C36H58Se2. The fourth-order valence-corrected chi connectivity index (χ4v) is 14.5. The molecule has 38 heavy (non-hydrogen) atoms. The summed E-state index contributed by atoms with van der Waals surface area (Å²) in [5.74, 6) is 0. The van der Waals surface area contributed by atoms with Crippen LogP contribution in [-0.2, 0) is 32.5 Å². The van der Waals surface area contributed by atoms with Gasteiger partial charge in [-0.1, -0.05) is 0 Å². The van der Waals surface area contributed by atoms with Crippen molar-refractivity contribution >= 4 is 35.2 Å². The Morgan fingerprint density at radius 3 is 0.632 bits per heavy atom. The van der Waals surface area contributed by atoms with Crippen LogP contribution >= 0.6 is 0 Å². The Labute approximate surface area is 248 Å². The first kappa shape index (κ1) is 33.7. The summed E-state index contributed by atoms with van der Waals surface area (Å²) in [6.45, 7) is 43.1. The molecule has 0 bridgehead atoms. The second-order valence-corrected chi connectivity index (χ2v) is 23.5. The molecule has 0 aliphatic heterocycles. The summed E-state index contributed by atoms with van der Waals surface area (Å²) >= 11 is 0.774. The van der Waals surface area contributed by atoms with Gasteiger partial charge in [-0.05, 0) is 0 Å². The van der Waals surface area contributed by atoms with Crippen LogP contribution in [0, 0.1) is 0 Å². The monoisotopic (exact) mass is 650 g/mol. The average Bonchev–Trinajstić information content (AvgIpc) is 2.66. The third kappa shape index (κ3) is 8.03. The molecule has 0 amide bonds. The number of benzene rings is 2. The normalized spacial score (nSPS) is 14.3. The van der Waals surface area contributed by atoms with Crippen LogP contribution in [0.25, 0.3) is 0 Å². The summed E-state index contributed by atoms with van der Waals surface area (Å²) in [6, 6.07) is 10.2. The van der Waals surface area contributed by atoms with Crippen molar-refractivity contribution in [2.75, 3.05) is 0 Å². The average molecular weight is 649 g/mol. The van der Waals surface area contributed by atoms with Crippen LogP contribution in [0.15, 0.2) is 24.3 Å². The first-order valence-corrected chi connectivity index (χ1v) is 20.4. The van der Waals surface area contributed by atoms with Gasteiger partial charge in [-0.3, -0.25) is 0 Å². The molecule has 0 heterocycles. The Kier molecular flexibility index (Phi) is 9.49. The van der Waals surface area contributed by atoms with Crippen molar-refractivity contribution in [3.63, 3.8) is 0 Å². The van der Waals surface area contributed by atoms with Crippen molar-refractivity contribution < 1.29 is 0 Å². The standard InChI is InChI=1S/C36H58Se2/c1-31(2,3)23-19-25(33(7,8)9)29(26(20-23)34(10,11)12)37-38-30-27(35(13,14)15)21-24(32(4,5)6)22-28(30)36(16,17)18/h19-22H,1-18H3. The van der Waals surface area contributed by atoms with Gasteiger partial charge in [0.15, 0.2) is 0 Å². The van der Waals surface area contributed by atoms with Crippen LogP contribution in [0.1, 0.15) is 158 Å². The maximum absolute atomic E-state index is 2.56. The number of hydrogen-bond donors (Lipinski definition) is 0. The van der Waals surface area contributed by atoms with Crippen molar-refractivity contribution in [1.29, 1.82) is 0 Å². The van der Waals surface area contributed by atoms with E-state index in [0.717, 1.165) is 0 Å². The van der Waals surface area contributed by atoms with E-state index >= 15 is 0 Å². The molecule has 0 N–H and O–H groups in total. The van der Waals surface area contributed by atoms with E-state index in [-0.39, 0.29) is 32.5 Å². The molecule has 0 aliphatic rings. The molecule has 0 radical (unpaired) electrons. The molecule has 2 heteroatoms. The van der Waals surface area contributed by atoms with Crippen LogP contribution in [0.4, 0.5) is 0 Å². The molecule has 2 rings (SSSR count). The van der Waals surface area contributed by atoms with Crippen LogP contribution < -0.4 is 8.92 Å². The molecule has 0 saturated carbocycles. The topological polar surface area (TPSA) is 0 Å². The first-order valence-electron chi connectivity index (χ1n) is 14.4. The fraction of sp³-hybridized carbons (Fsp3) is 0.667. The van der Waals surface area contributed by atoms with E-state index in [4.69, 9.17) is 0 Å². The van der Waals surface area contributed by atoms with Gasteiger partial charge in [0, 0.05) is 0 Å². The number of hydrogen-bond acceptors (Lipinski definition) is 0. The summed E-state index contributed by atoms with van der Waals surface area (Å²) in [5, 5.41) is 0. The van der Waals surface area contributed by atoms with Crippen molar-refractivity contribution in [2.24, 2.45) is 0 Å². The molecule has 0 unspecified atom stereocenters. The quantitative estimate of drug-likeness (QED) is 0.292. The third-order valence-electron chi connectivity index (χ3n) is 7.35. The Morgan fingerprint density at radius 1 is 0.316 bits per heavy atom. The van der Waals surface area contributed by atoms with Crippen LogP contribution in [-0.4, -0.2) is 26.3 Å². The molecule has 0 atom stereocenters. The van der Waals surface area contributed by atoms with E-state index in [2.05, 4.69) is 149 Å². The molecule has 0 nitrogen and oxygen atoms in total. The van der Waals surface area contributed by atoms with Gasteiger partial charge in [0.05, 0.1) is 0 Å². The molecular weight excluding hydrogens is 590 g/mol. The zero-order chi connectivity index (χ0) is 29.9. The molecule has 0 aromatic heterocycles. The summed E-state index contributed by atoms with van der Waals surface area (Å²) < 4.78 is 3.32. The zero-order valence-corrected chi connectivity index (χ0v) is 31.6. The summed E-state index contributed by atoms with van der Waals surface area (Å²) in [5.41, 5.74) is 9.95. The van der Waals surface area contributed by atoms with Gasteiger partial charge in [-0.15, -0.1) is 0 Å². The van der Waals surface area contributed by atoms with E-state index in [9.17, 15) is 0 Å². The third-order valence-corrected chi connectivity index (χ3v) is 14.6. The van der Waals surface area contributed by atoms with Crippen LogP contribution in [0.3, 0.4) is 0 Å². The zero-order valence-electron chi connectivity index (χ0n) is 28.1. The van der Waals surface area contributed by atoms with Gasteiger partial charge in [0.1, 0.15) is 0 Å². The van der Waals surface area contributed by atoms with Gasteiger partial charge in [-0.2, -0.15) is 0 Å². The first-order chi connectivity index (χ1) is 16.6. The van der Waals surface area contributed by atoms with Crippen LogP contribution in [0.2, 0.25) is 0 Å². The Bertz CT molecular complexity index is 975. The molecule has 0 spiro atoms. The SMILES string of the molecule is CC(C)(C)c1cc(C(C)(C)C)c([Se][Se]c2c(C(C)(C)C)cc(C(C)(C)C)cc2C(C)(C)C)c(C(C)(C)C)c1. The summed E-state index contributed by atoms with van der Waals surface area (Å²) in [7, 11) is 0. The van der Waals surface area contributed by atoms with E-state index in [1.54, 1.807) is 31.2 Å². The molecule has 214 valence electrons. The molecule has 2 aromatic rings. The van der Waals surface area contributed by atoms with Crippen LogP contribution in [0.5, 0.6) is 0 Å². The van der Waals surface area contributed by atoms with Crippen molar-refractivity contribution in [3.05, 3.63) is 57.6 Å². The maximum atomic E-state index is 2.56. The predicted molar refractivity (Wildman–Crippen MR) is 176 cm³/mol. The minimum atomic E-state index is 0.115. The van der Waals surface area contributed by atoms with E-state index < -0.39 is 0 Å². The van der Waals surface area contributed by atoms with Crippen molar-refractivity contribution in [3.8, 4) is 0 Å². The Balaban J connectivity index is 2.90. The molecule has 0 saturated heterocycles. The van der Waals surface area contributed by atoms with Gasteiger partial charge < -0.3 is 0 Å². The fourth-order valence-electron chi connectivity index (χ4n) is 4.62. The summed E-state index contributed by atoms with van der Waals surface area (Å²) in [6.07, 6.45) is 0. The van der Waals surface area contributed by atoms with Gasteiger partial charge in [0.2, 0.25) is 0 Å². The minimum absolute atomic E-state index is 0.115. The second kappa shape index (κ2) is 10.7. The summed E-state index contributed by atoms with van der Waals surface area (Å²) in [4.78, 5) is 0. The van der Waals surface area contributed by atoms with Gasteiger partial charge in [-0.25, -0.2) is 0 Å². The Hall–Kier alpha value is -0.521. The second-order valence-electron chi connectivity index (χ2n) is 17.5. The van der Waals surface area contributed by atoms with E-state index in [1.807, 2.05) is 0 Å². The van der Waals surface area contributed by atoms with Crippen molar-refractivity contribution in [1.82, 2.24) is 0 Å². The van der Waals surface area contributed by atoms with Gasteiger partial charge >= 0.3 is 250 Å².